The Morgan fingerprint density at radius 1 is 1.29 bits per heavy atom. The summed E-state index contributed by atoms with van der Waals surface area (Å²) in [6.45, 7) is 4.55. The minimum Gasteiger partial charge on any atom is -0.379 e. The zero-order valence-electron chi connectivity index (χ0n) is 20.5. The molecule has 3 saturated heterocycles. The van der Waals surface area contributed by atoms with Gasteiger partial charge < -0.3 is 19.3 Å². The molecule has 0 N–H and O–H groups in total. The lowest BCUT2D eigenvalue weighted by Gasteiger charge is -2.39. The number of ether oxygens (including phenoxy) is 2. The fourth-order valence-corrected chi connectivity index (χ4v) is 6.93. The Morgan fingerprint density at radius 3 is 2.80 bits per heavy atom. The van der Waals surface area contributed by atoms with Crippen LogP contribution in [0.4, 0.5) is 19.1 Å². The van der Waals surface area contributed by atoms with E-state index in [4.69, 9.17) is 9.47 Å². The molecule has 1 aromatic heterocycles. The molecule has 1 amide bonds. The Hall–Kier alpha value is -1.94. The van der Waals surface area contributed by atoms with Gasteiger partial charge in [0.25, 0.3) is 0 Å². The van der Waals surface area contributed by atoms with E-state index in [1.165, 1.54) is 0 Å². The lowest BCUT2D eigenvalue weighted by molar-refractivity contribution is -0.143. The maximum Gasteiger partial charge on any atom is 0.433 e. The quantitative estimate of drug-likeness (QED) is 0.595. The van der Waals surface area contributed by atoms with Gasteiger partial charge in [-0.25, -0.2) is 9.97 Å². The van der Waals surface area contributed by atoms with Gasteiger partial charge in [-0.2, -0.15) is 13.2 Å². The monoisotopic (exact) mass is 496 g/mol. The molecule has 1 aliphatic carbocycles. The zero-order chi connectivity index (χ0) is 24.8. The zero-order valence-corrected chi connectivity index (χ0v) is 20.5. The van der Waals surface area contributed by atoms with Gasteiger partial charge >= 0.3 is 6.18 Å². The normalized spacial score (nSPS) is 35.2. The third-order valence-electron chi connectivity index (χ3n) is 8.91. The molecular weight excluding hydrogens is 461 g/mol. The molecular formula is C25H35F3N4O3. The van der Waals surface area contributed by atoms with E-state index in [-0.39, 0.29) is 35.5 Å². The van der Waals surface area contributed by atoms with Crippen LogP contribution in [0.1, 0.15) is 57.6 Å². The number of hydrogen-bond acceptors (Lipinski definition) is 6. The topological polar surface area (TPSA) is 67.8 Å². The van der Waals surface area contributed by atoms with Gasteiger partial charge in [-0.15, -0.1) is 0 Å². The number of rotatable bonds is 6. The van der Waals surface area contributed by atoms with Crippen LogP contribution in [0, 0.1) is 17.3 Å². The van der Waals surface area contributed by atoms with Crippen LogP contribution in [0.25, 0.3) is 0 Å². The first-order chi connectivity index (χ1) is 16.7. The SMILES string of the molecule is CC[C@]1(C(=O)N2C[C@@H]3C[C@H]2CN3c2nccc(C(F)(F)F)n2)CC[C@@H](C[C@H]2CCOC[C@H]2OC)C1. The summed E-state index contributed by atoms with van der Waals surface area (Å²) in [5.41, 5.74) is -1.26. The fourth-order valence-electron chi connectivity index (χ4n) is 6.93. The number of hydrogen-bond donors (Lipinski definition) is 0. The van der Waals surface area contributed by atoms with Crippen LogP contribution in [-0.4, -0.2) is 72.4 Å². The summed E-state index contributed by atoms with van der Waals surface area (Å²) in [7, 11) is 1.75. The average molecular weight is 497 g/mol. The van der Waals surface area contributed by atoms with Gasteiger partial charge in [0.1, 0.15) is 5.69 Å². The summed E-state index contributed by atoms with van der Waals surface area (Å²) < 4.78 is 50.6. The van der Waals surface area contributed by atoms with Crippen molar-refractivity contribution >= 4 is 11.9 Å². The first-order valence-corrected chi connectivity index (χ1v) is 12.8. The van der Waals surface area contributed by atoms with Crippen molar-refractivity contribution in [3.63, 3.8) is 0 Å². The lowest BCUT2D eigenvalue weighted by Crippen LogP contribution is -2.53. The fraction of sp³-hybridized carbons (Fsp3) is 0.800. The molecule has 194 valence electrons. The Kier molecular flexibility index (Phi) is 6.72. The smallest absolute Gasteiger partial charge is 0.379 e. The van der Waals surface area contributed by atoms with Crippen LogP contribution >= 0.6 is 0 Å². The molecule has 4 aliphatic rings. The largest absolute Gasteiger partial charge is 0.433 e. The van der Waals surface area contributed by atoms with Crippen molar-refractivity contribution in [1.29, 1.82) is 0 Å². The Labute approximate surface area is 204 Å². The summed E-state index contributed by atoms with van der Waals surface area (Å²) in [5.74, 6) is 1.32. The van der Waals surface area contributed by atoms with Crippen molar-refractivity contribution in [3.8, 4) is 0 Å². The first-order valence-electron chi connectivity index (χ1n) is 12.8. The molecule has 4 heterocycles. The number of halogens is 3. The summed E-state index contributed by atoms with van der Waals surface area (Å²) in [4.78, 5) is 25.6. The third-order valence-corrected chi connectivity index (χ3v) is 8.91. The van der Waals surface area contributed by atoms with Gasteiger partial charge in [-0.1, -0.05) is 6.92 Å². The number of aromatic nitrogens is 2. The summed E-state index contributed by atoms with van der Waals surface area (Å²) >= 11 is 0. The highest BCUT2D eigenvalue weighted by atomic mass is 19.4. The van der Waals surface area contributed by atoms with Crippen LogP contribution in [0.3, 0.4) is 0 Å². The van der Waals surface area contributed by atoms with E-state index in [0.717, 1.165) is 63.8 Å². The minimum atomic E-state index is -4.50. The number of anilines is 1. The molecule has 0 radical (unpaired) electrons. The number of amides is 1. The number of carbonyl (C=O) groups excluding carboxylic acids is 1. The van der Waals surface area contributed by atoms with E-state index in [2.05, 4.69) is 16.9 Å². The van der Waals surface area contributed by atoms with E-state index in [9.17, 15) is 18.0 Å². The van der Waals surface area contributed by atoms with Crippen LogP contribution in [0.2, 0.25) is 0 Å². The van der Waals surface area contributed by atoms with Crippen molar-refractivity contribution in [3.05, 3.63) is 18.0 Å². The molecule has 3 aliphatic heterocycles. The molecule has 2 bridgehead atoms. The summed E-state index contributed by atoms with van der Waals surface area (Å²) in [6.07, 6.45) is 3.32. The number of piperazine rings is 1. The predicted octanol–water partition coefficient (Wildman–Crippen LogP) is 3.92. The average Bonchev–Trinajstić information content (AvgIpc) is 3.58. The highest BCUT2D eigenvalue weighted by Gasteiger charge is 2.53. The maximum absolute atomic E-state index is 13.9. The molecule has 6 atom stereocenters. The molecule has 7 nitrogen and oxygen atoms in total. The predicted molar refractivity (Wildman–Crippen MR) is 123 cm³/mol. The van der Waals surface area contributed by atoms with Gasteiger partial charge in [-0.3, -0.25) is 4.79 Å². The lowest BCUT2D eigenvalue weighted by atomic mass is 9.79. The number of fused-ring (bicyclic) bond motifs is 2. The second kappa shape index (κ2) is 9.50. The van der Waals surface area contributed by atoms with Crippen LogP contribution in [-0.2, 0) is 20.4 Å². The van der Waals surface area contributed by atoms with Crippen molar-refractivity contribution in [1.82, 2.24) is 14.9 Å². The summed E-state index contributed by atoms with van der Waals surface area (Å²) in [6, 6.07) is 0.856. The summed E-state index contributed by atoms with van der Waals surface area (Å²) in [5, 5.41) is 0. The number of methoxy groups -OCH3 is 1. The van der Waals surface area contributed by atoms with E-state index in [0.29, 0.717) is 31.5 Å². The third kappa shape index (κ3) is 4.63. The second-order valence-corrected chi connectivity index (χ2v) is 10.8. The van der Waals surface area contributed by atoms with E-state index >= 15 is 0 Å². The highest BCUT2D eigenvalue weighted by molar-refractivity contribution is 5.84. The van der Waals surface area contributed by atoms with E-state index in [1.54, 1.807) is 7.11 Å². The van der Waals surface area contributed by atoms with Crippen LogP contribution in [0.15, 0.2) is 12.3 Å². The number of nitrogens with zero attached hydrogens (tertiary/aromatic N) is 4. The number of alkyl halides is 3. The van der Waals surface area contributed by atoms with Gasteiger partial charge in [0.15, 0.2) is 0 Å². The van der Waals surface area contributed by atoms with Gasteiger partial charge in [0.2, 0.25) is 11.9 Å². The Bertz CT molecular complexity index is 931. The van der Waals surface area contributed by atoms with E-state index < -0.39 is 11.9 Å². The Morgan fingerprint density at radius 2 is 2.11 bits per heavy atom. The molecule has 5 rings (SSSR count). The van der Waals surface area contributed by atoms with Gasteiger partial charge in [-0.05, 0) is 62.8 Å². The van der Waals surface area contributed by atoms with Gasteiger partial charge in [0, 0.05) is 38.4 Å². The van der Waals surface area contributed by atoms with Crippen molar-refractivity contribution in [2.45, 2.75) is 76.2 Å². The molecule has 1 aromatic rings. The molecule has 0 unspecified atom stereocenters. The molecule has 0 spiro atoms. The Balaban J connectivity index is 1.23. The highest BCUT2D eigenvalue weighted by Crippen LogP contribution is 2.50. The van der Waals surface area contributed by atoms with Crippen LogP contribution < -0.4 is 4.90 Å². The second-order valence-electron chi connectivity index (χ2n) is 10.8. The number of likely N-dealkylation sites (tertiary alicyclic amines) is 1. The molecule has 4 fully saturated rings. The standard InChI is InChI=1S/C25H35F3N4O3/c1-3-24(7-4-16(12-24)10-17-6-9-35-15-20(17)34-2)22(33)31-13-19-11-18(31)14-32(19)23-29-8-5-21(30-23)25(26,27)28/h5,8,16-20H,3-4,6-7,9-15H2,1-2H3/t16-,17+,18-,19-,20+,24-/m0/s1. The van der Waals surface area contributed by atoms with Crippen molar-refractivity contribution < 1.29 is 27.4 Å². The van der Waals surface area contributed by atoms with E-state index in [1.807, 2.05) is 9.80 Å². The maximum atomic E-state index is 13.9. The molecule has 35 heavy (non-hydrogen) atoms. The number of carbonyl (C=O) groups is 1. The molecule has 0 aromatic carbocycles. The molecule has 10 heteroatoms. The van der Waals surface area contributed by atoms with Gasteiger partial charge in [0.05, 0.1) is 24.8 Å². The minimum absolute atomic E-state index is 0.00137. The van der Waals surface area contributed by atoms with Crippen molar-refractivity contribution in [2.75, 3.05) is 38.3 Å². The molecule has 1 saturated carbocycles. The first kappa shape index (κ1) is 24.7. The van der Waals surface area contributed by atoms with Crippen molar-refractivity contribution in [2.24, 2.45) is 17.3 Å². The van der Waals surface area contributed by atoms with Crippen LogP contribution in [0.5, 0.6) is 0 Å².